The number of ether oxygens (including phenoxy) is 2. The number of halogens is 1. The number of rotatable bonds is 8. The van der Waals surface area contributed by atoms with Crippen LogP contribution in [-0.2, 0) is 17.9 Å². The second kappa shape index (κ2) is 9.96. The summed E-state index contributed by atoms with van der Waals surface area (Å²) in [5.74, 6) is 1.75. The summed E-state index contributed by atoms with van der Waals surface area (Å²) in [7, 11) is 0. The zero-order valence-electron chi connectivity index (χ0n) is 18.1. The Hall–Kier alpha value is -3.85. The van der Waals surface area contributed by atoms with E-state index in [1.54, 1.807) is 12.1 Å². The van der Waals surface area contributed by atoms with Gasteiger partial charge < -0.3 is 14.8 Å². The minimum absolute atomic E-state index is 0.125. The van der Waals surface area contributed by atoms with Gasteiger partial charge in [-0.05, 0) is 47.5 Å². The zero-order valence-corrected chi connectivity index (χ0v) is 18.9. The highest BCUT2D eigenvalue weighted by Gasteiger charge is 2.17. The molecule has 0 unspecified atom stereocenters. The largest absolute Gasteiger partial charge is 0.454 e. The van der Waals surface area contributed by atoms with Gasteiger partial charge in [0.1, 0.15) is 5.82 Å². The minimum atomic E-state index is -0.313. The Morgan fingerprint density at radius 1 is 0.971 bits per heavy atom. The molecule has 1 aliphatic rings. The molecule has 0 aliphatic carbocycles. The summed E-state index contributed by atoms with van der Waals surface area (Å²) >= 11 is 1.31. The Kier molecular flexibility index (Phi) is 6.44. The van der Waals surface area contributed by atoms with E-state index in [0.717, 1.165) is 16.7 Å². The summed E-state index contributed by atoms with van der Waals surface area (Å²) in [5.41, 5.74) is 2.75. The summed E-state index contributed by atoms with van der Waals surface area (Å²) in [6, 6.07) is 21.6. The van der Waals surface area contributed by atoms with Gasteiger partial charge in [-0.2, -0.15) is 0 Å². The van der Waals surface area contributed by atoms with Crippen molar-refractivity contribution < 1.29 is 18.7 Å². The monoisotopic (exact) mass is 476 g/mol. The van der Waals surface area contributed by atoms with E-state index in [4.69, 9.17) is 9.47 Å². The van der Waals surface area contributed by atoms with Gasteiger partial charge in [0.2, 0.25) is 12.7 Å². The van der Waals surface area contributed by atoms with Gasteiger partial charge >= 0.3 is 0 Å². The van der Waals surface area contributed by atoms with Gasteiger partial charge in [0.25, 0.3) is 0 Å². The summed E-state index contributed by atoms with van der Waals surface area (Å²) in [6.07, 6.45) is 0. The number of hydrogen-bond acceptors (Lipinski definition) is 6. The lowest BCUT2D eigenvalue weighted by Crippen LogP contribution is -2.24. The SMILES string of the molecule is O=C(CSc1nnc(-c2ccc(F)cc2)n1Cc1ccccc1)NCc1ccc2c(c1)OCO2. The van der Waals surface area contributed by atoms with Crippen LogP contribution in [0.25, 0.3) is 11.4 Å². The van der Waals surface area contributed by atoms with Crippen molar-refractivity contribution in [3.05, 3.63) is 89.7 Å². The smallest absolute Gasteiger partial charge is 0.231 e. The highest BCUT2D eigenvalue weighted by atomic mass is 32.2. The van der Waals surface area contributed by atoms with Crippen LogP contribution in [0, 0.1) is 5.82 Å². The molecule has 1 amide bonds. The molecule has 0 spiro atoms. The standard InChI is InChI=1S/C25H21FN4O3S/c26-20-9-7-19(8-10-20)24-28-29-25(30(24)14-17-4-2-1-3-5-17)34-15-23(31)27-13-18-6-11-21-22(12-18)33-16-32-21/h1-12H,13-16H2,(H,27,31). The van der Waals surface area contributed by atoms with Crippen molar-refractivity contribution in [3.63, 3.8) is 0 Å². The number of carbonyl (C=O) groups excluding carboxylic acids is 1. The van der Waals surface area contributed by atoms with E-state index in [0.29, 0.717) is 35.6 Å². The van der Waals surface area contributed by atoms with Gasteiger partial charge in [0, 0.05) is 12.1 Å². The molecule has 0 radical (unpaired) electrons. The van der Waals surface area contributed by atoms with Gasteiger partial charge in [-0.3, -0.25) is 9.36 Å². The summed E-state index contributed by atoms with van der Waals surface area (Å²) in [5, 5.41) is 12.2. The maximum Gasteiger partial charge on any atom is 0.231 e. The van der Waals surface area contributed by atoms with Crippen molar-refractivity contribution in [1.29, 1.82) is 0 Å². The highest BCUT2D eigenvalue weighted by molar-refractivity contribution is 7.99. The van der Waals surface area contributed by atoms with Crippen molar-refractivity contribution in [1.82, 2.24) is 20.1 Å². The number of aromatic nitrogens is 3. The molecule has 1 aromatic heterocycles. The first-order valence-corrected chi connectivity index (χ1v) is 11.7. The van der Waals surface area contributed by atoms with Crippen LogP contribution in [0.3, 0.4) is 0 Å². The molecule has 5 rings (SSSR count). The Labute approximate surface area is 199 Å². The van der Waals surface area contributed by atoms with Crippen molar-refractivity contribution in [2.75, 3.05) is 12.5 Å². The maximum atomic E-state index is 13.4. The number of carbonyl (C=O) groups is 1. The Morgan fingerprint density at radius 3 is 2.59 bits per heavy atom. The summed E-state index contributed by atoms with van der Waals surface area (Å²) < 4.78 is 26.1. The third-order valence-corrected chi connectivity index (χ3v) is 6.23. The van der Waals surface area contributed by atoms with Crippen molar-refractivity contribution in [3.8, 4) is 22.9 Å². The summed E-state index contributed by atoms with van der Waals surface area (Å²) in [6.45, 7) is 1.13. The molecule has 2 heterocycles. The number of hydrogen-bond donors (Lipinski definition) is 1. The molecule has 172 valence electrons. The normalized spacial score (nSPS) is 12.0. The van der Waals surface area contributed by atoms with Crippen molar-refractivity contribution in [2.45, 2.75) is 18.2 Å². The number of thioether (sulfide) groups is 1. The predicted molar refractivity (Wildman–Crippen MR) is 126 cm³/mol. The third kappa shape index (κ3) is 5.04. The van der Waals surface area contributed by atoms with Crippen LogP contribution in [0.1, 0.15) is 11.1 Å². The van der Waals surface area contributed by atoms with Gasteiger partial charge in [-0.15, -0.1) is 10.2 Å². The lowest BCUT2D eigenvalue weighted by Gasteiger charge is -2.11. The number of fused-ring (bicyclic) bond motifs is 1. The number of nitrogens with zero attached hydrogens (tertiary/aromatic N) is 3. The molecule has 1 aliphatic heterocycles. The highest BCUT2D eigenvalue weighted by Crippen LogP contribution is 2.32. The van der Waals surface area contributed by atoms with Crippen LogP contribution < -0.4 is 14.8 Å². The first-order valence-electron chi connectivity index (χ1n) is 10.7. The van der Waals surface area contributed by atoms with E-state index >= 15 is 0 Å². The molecule has 34 heavy (non-hydrogen) atoms. The van der Waals surface area contributed by atoms with E-state index in [-0.39, 0.29) is 24.3 Å². The molecule has 0 saturated heterocycles. The average molecular weight is 477 g/mol. The van der Waals surface area contributed by atoms with E-state index in [9.17, 15) is 9.18 Å². The lowest BCUT2D eigenvalue weighted by molar-refractivity contribution is -0.118. The predicted octanol–water partition coefficient (Wildman–Crippen LogP) is 4.27. The fraction of sp³-hybridized carbons (Fsp3) is 0.160. The molecule has 9 heteroatoms. The van der Waals surface area contributed by atoms with Crippen molar-refractivity contribution >= 4 is 17.7 Å². The Balaban J connectivity index is 1.27. The Bertz CT molecular complexity index is 1300. The van der Waals surface area contributed by atoms with Crippen LogP contribution >= 0.6 is 11.8 Å². The van der Waals surface area contributed by atoms with Gasteiger partial charge in [-0.25, -0.2) is 4.39 Å². The van der Waals surface area contributed by atoms with Crippen LogP contribution in [0.4, 0.5) is 4.39 Å². The third-order valence-electron chi connectivity index (χ3n) is 5.26. The topological polar surface area (TPSA) is 78.3 Å². The molecular weight excluding hydrogens is 455 g/mol. The molecule has 0 fully saturated rings. The molecule has 4 aromatic rings. The number of amides is 1. The second-order valence-electron chi connectivity index (χ2n) is 7.64. The molecule has 1 N–H and O–H groups in total. The quantitative estimate of drug-likeness (QED) is 0.383. The molecule has 7 nitrogen and oxygen atoms in total. The summed E-state index contributed by atoms with van der Waals surface area (Å²) in [4.78, 5) is 12.5. The molecule has 3 aromatic carbocycles. The van der Waals surface area contributed by atoms with Crippen LogP contribution in [0.5, 0.6) is 11.5 Å². The van der Waals surface area contributed by atoms with E-state index in [1.807, 2.05) is 53.1 Å². The van der Waals surface area contributed by atoms with Crippen LogP contribution in [0.15, 0.2) is 78.0 Å². The van der Waals surface area contributed by atoms with E-state index in [2.05, 4.69) is 15.5 Å². The fourth-order valence-corrected chi connectivity index (χ4v) is 4.32. The zero-order chi connectivity index (χ0) is 23.3. The maximum absolute atomic E-state index is 13.4. The van der Waals surface area contributed by atoms with E-state index in [1.165, 1.54) is 23.9 Å². The Morgan fingerprint density at radius 2 is 1.76 bits per heavy atom. The molecule has 0 atom stereocenters. The number of nitrogens with one attached hydrogen (secondary N) is 1. The average Bonchev–Trinajstić information content (AvgIpc) is 3.49. The fourth-order valence-electron chi connectivity index (χ4n) is 3.55. The molecular formula is C25H21FN4O3S. The molecule has 0 saturated carbocycles. The lowest BCUT2D eigenvalue weighted by atomic mass is 10.2. The van der Waals surface area contributed by atoms with E-state index < -0.39 is 0 Å². The first kappa shape index (κ1) is 22.0. The van der Waals surface area contributed by atoms with Crippen molar-refractivity contribution in [2.24, 2.45) is 0 Å². The first-order chi connectivity index (χ1) is 16.7. The van der Waals surface area contributed by atoms with Gasteiger partial charge in [-0.1, -0.05) is 48.2 Å². The molecule has 0 bridgehead atoms. The van der Waals surface area contributed by atoms with Crippen LogP contribution in [0.2, 0.25) is 0 Å². The van der Waals surface area contributed by atoms with Crippen LogP contribution in [-0.4, -0.2) is 33.2 Å². The van der Waals surface area contributed by atoms with Gasteiger partial charge in [0.05, 0.1) is 12.3 Å². The second-order valence-corrected chi connectivity index (χ2v) is 8.58. The number of benzene rings is 3. The minimum Gasteiger partial charge on any atom is -0.454 e. The van der Waals surface area contributed by atoms with Gasteiger partial charge in [0.15, 0.2) is 22.5 Å².